The van der Waals surface area contributed by atoms with Crippen LogP contribution in [-0.4, -0.2) is 41.1 Å². The molecule has 0 radical (unpaired) electrons. The second-order valence-corrected chi connectivity index (χ2v) is 8.57. The van der Waals surface area contributed by atoms with E-state index < -0.39 is 17.7 Å². The average molecular weight is 498 g/mol. The van der Waals surface area contributed by atoms with Gasteiger partial charge in [-0.05, 0) is 39.8 Å². The summed E-state index contributed by atoms with van der Waals surface area (Å²) in [6.45, 7) is 4.37. The minimum atomic E-state index is -5.08. The summed E-state index contributed by atoms with van der Waals surface area (Å²) in [5, 5.41) is 7.12. The van der Waals surface area contributed by atoms with E-state index in [0.717, 1.165) is 22.3 Å². The highest BCUT2D eigenvalue weighted by molar-refractivity contribution is 6.09. The molecule has 1 atom stereocenters. The molecule has 1 heterocycles. The zero-order valence-electron chi connectivity index (χ0n) is 20.0. The molecule has 0 fully saturated rings. The van der Waals surface area contributed by atoms with E-state index in [4.69, 9.17) is 15.6 Å². The Balaban J connectivity index is 0.000000454. The van der Waals surface area contributed by atoms with Gasteiger partial charge >= 0.3 is 12.1 Å². The number of aliphatic carboxylic acids is 1. The van der Waals surface area contributed by atoms with Crippen LogP contribution in [0.15, 0.2) is 83.9 Å². The number of alkyl halides is 3. The van der Waals surface area contributed by atoms with Crippen LogP contribution in [0.4, 0.5) is 13.2 Å². The van der Waals surface area contributed by atoms with E-state index >= 15 is 0 Å². The van der Waals surface area contributed by atoms with Gasteiger partial charge < -0.3 is 10.8 Å². The summed E-state index contributed by atoms with van der Waals surface area (Å²) < 4.78 is 31.7. The number of nitrogens with zero attached hydrogens (tertiary/aromatic N) is 2. The van der Waals surface area contributed by atoms with E-state index in [0.29, 0.717) is 5.92 Å². The minimum absolute atomic E-state index is 0.144. The molecule has 3 N–H and O–H groups in total. The molecule has 0 aliphatic carbocycles. The summed E-state index contributed by atoms with van der Waals surface area (Å²) in [7, 11) is 1.67. The zero-order chi connectivity index (χ0) is 26.7. The van der Waals surface area contributed by atoms with Crippen molar-refractivity contribution in [2.45, 2.75) is 31.5 Å². The van der Waals surface area contributed by atoms with Gasteiger partial charge in [-0.3, -0.25) is 9.69 Å². The number of hydrogen-bond acceptors (Lipinski definition) is 4. The lowest BCUT2D eigenvalue weighted by Gasteiger charge is -2.26. The van der Waals surface area contributed by atoms with Gasteiger partial charge in [-0.15, -0.1) is 0 Å². The number of amides is 1. The van der Waals surface area contributed by atoms with Crippen molar-refractivity contribution >= 4 is 17.8 Å². The fourth-order valence-corrected chi connectivity index (χ4v) is 3.86. The van der Waals surface area contributed by atoms with Crippen LogP contribution in [0.25, 0.3) is 11.1 Å². The van der Waals surface area contributed by atoms with Crippen LogP contribution in [0.1, 0.15) is 36.5 Å². The smallest absolute Gasteiger partial charge is 0.475 e. The monoisotopic (exact) mass is 497 g/mol. The topological polar surface area (TPSA) is 96.0 Å². The van der Waals surface area contributed by atoms with Crippen LogP contribution in [0, 0.1) is 0 Å². The molecule has 1 amide bonds. The van der Waals surface area contributed by atoms with Crippen molar-refractivity contribution in [2.24, 2.45) is 10.7 Å². The largest absolute Gasteiger partial charge is 0.490 e. The van der Waals surface area contributed by atoms with E-state index in [-0.39, 0.29) is 11.9 Å². The molecule has 6 nitrogen and oxygen atoms in total. The maximum atomic E-state index is 13.4. The van der Waals surface area contributed by atoms with Crippen LogP contribution in [0.3, 0.4) is 0 Å². The molecule has 0 saturated carbocycles. The number of nitrogens with two attached hydrogens (primary N) is 1. The fourth-order valence-electron chi connectivity index (χ4n) is 3.86. The molecular formula is C27H26F3N3O3. The highest BCUT2D eigenvalue weighted by atomic mass is 19.4. The van der Waals surface area contributed by atoms with Crippen molar-refractivity contribution < 1.29 is 27.9 Å². The Morgan fingerprint density at radius 2 is 1.47 bits per heavy atom. The molecule has 4 rings (SSSR count). The highest BCUT2D eigenvalue weighted by Gasteiger charge is 2.49. The molecule has 0 bridgehead atoms. The maximum absolute atomic E-state index is 13.4. The highest BCUT2D eigenvalue weighted by Crippen LogP contribution is 2.40. The van der Waals surface area contributed by atoms with E-state index in [1.807, 2.05) is 42.5 Å². The first-order chi connectivity index (χ1) is 16.9. The minimum Gasteiger partial charge on any atom is -0.475 e. The number of carbonyl (C=O) groups excluding carboxylic acids is 1. The maximum Gasteiger partial charge on any atom is 0.490 e. The number of benzene rings is 3. The third-order valence-electron chi connectivity index (χ3n) is 5.84. The third kappa shape index (κ3) is 5.25. The van der Waals surface area contributed by atoms with Crippen molar-refractivity contribution in [3.8, 4) is 11.1 Å². The lowest BCUT2D eigenvalue weighted by molar-refractivity contribution is -0.192. The Morgan fingerprint density at radius 3 is 1.97 bits per heavy atom. The van der Waals surface area contributed by atoms with Crippen LogP contribution < -0.4 is 5.73 Å². The predicted octanol–water partition coefficient (Wildman–Crippen LogP) is 5.14. The summed E-state index contributed by atoms with van der Waals surface area (Å²) in [4.78, 5) is 28.4. The number of guanidine groups is 1. The predicted molar refractivity (Wildman–Crippen MR) is 131 cm³/mol. The van der Waals surface area contributed by atoms with E-state index in [2.05, 4.69) is 55.2 Å². The Kier molecular flexibility index (Phi) is 7.52. The first-order valence-electron chi connectivity index (χ1n) is 11.1. The second-order valence-electron chi connectivity index (χ2n) is 8.57. The molecular weight excluding hydrogens is 471 g/mol. The van der Waals surface area contributed by atoms with Gasteiger partial charge in [0.25, 0.3) is 5.91 Å². The number of hydrogen-bond donors (Lipinski definition) is 2. The van der Waals surface area contributed by atoms with Gasteiger partial charge in [0.2, 0.25) is 0 Å². The number of rotatable bonds is 4. The van der Waals surface area contributed by atoms with Gasteiger partial charge in [0.1, 0.15) is 0 Å². The van der Waals surface area contributed by atoms with Gasteiger partial charge in [-0.25, -0.2) is 9.79 Å². The van der Waals surface area contributed by atoms with Gasteiger partial charge in [-0.1, -0.05) is 86.6 Å². The van der Waals surface area contributed by atoms with Crippen molar-refractivity contribution in [2.75, 3.05) is 7.05 Å². The molecule has 36 heavy (non-hydrogen) atoms. The molecule has 3 aromatic rings. The molecule has 0 saturated heterocycles. The second kappa shape index (κ2) is 10.2. The molecule has 1 aliphatic heterocycles. The molecule has 9 heteroatoms. The number of likely N-dealkylation sites (N-methyl/N-ethyl adjacent to an activating group) is 1. The molecule has 3 aromatic carbocycles. The molecule has 0 aromatic heterocycles. The quantitative estimate of drug-likeness (QED) is 0.522. The third-order valence-corrected chi connectivity index (χ3v) is 5.84. The molecule has 1 aliphatic rings. The standard InChI is InChI=1S/C25H25N3O.C2HF3O2/c1-17(2)18-9-7-10-19(15-18)20-11-8-14-22(16-20)25(21-12-5-4-6-13-21)23(29)28(3)24(26)27-25;3-2(4,5)1(6)7/h4-17H,1-3H3,(H2,26,27);(H,6,7). The lowest BCUT2D eigenvalue weighted by atomic mass is 9.81. The zero-order valence-corrected chi connectivity index (χ0v) is 20.0. The summed E-state index contributed by atoms with van der Waals surface area (Å²) in [6, 6.07) is 26.2. The fraction of sp³-hybridized carbons (Fsp3) is 0.222. The van der Waals surface area contributed by atoms with Crippen LogP contribution >= 0.6 is 0 Å². The summed E-state index contributed by atoms with van der Waals surface area (Å²) in [6.07, 6.45) is -5.08. The van der Waals surface area contributed by atoms with Crippen molar-refractivity contribution in [1.82, 2.24) is 4.90 Å². The first-order valence-corrected chi connectivity index (χ1v) is 11.1. The van der Waals surface area contributed by atoms with Crippen LogP contribution in [0.5, 0.6) is 0 Å². The van der Waals surface area contributed by atoms with Gasteiger partial charge in [0.05, 0.1) is 0 Å². The van der Waals surface area contributed by atoms with E-state index in [1.54, 1.807) is 7.05 Å². The van der Waals surface area contributed by atoms with Gasteiger partial charge in [0.15, 0.2) is 11.5 Å². The Bertz CT molecular complexity index is 1290. The average Bonchev–Trinajstić information content (AvgIpc) is 3.09. The van der Waals surface area contributed by atoms with E-state index in [9.17, 15) is 18.0 Å². The Morgan fingerprint density at radius 1 is 0.944 bits per heavy atom. The summed E-state index contributed by atoms with van der Waals surface area (Å²) in [5.74, 6) is -2.23. The first kappa shape index (κ1) is 26.5. The summed E-state index contributed by atoms with van der Waals surface area (Å²) in [5.41, 5.74) is 10.00. The van der Waals surface area contributed by atoms with Crippen LogP contribution in [-0.2, 0) is 15.1 Å². The molecule has 188 valence electrons. The van der Waals surface area contributed by atoms with Crippen molar-refractivity contribution in [3.05, 3.63) is 95.6 Å². The Labute approximate surface area is 206 Å². The molecule has 1 unspecified atom stereocenters. The number of carboxylic acid groups (broad SMARTS) is 1. The normalized spacial score (nSPS) is 17.5. The lowest BCUT2D eigenvalue weighted by Crippen LogP contribution is -2.41. The van der Waals surface area contributed by atoms with E-state index in [1.165, 1.54) is 10.5 Å². The number of carboxylic acids is 1. The molecule has 0 spiro atoms. The number of aliphatic imine (C=N–C) groups is 1. The number of halogens is 3. The SMILES string of the molecule is CC(C)c1cccc(-c2cccc(C3(c4ccccc4)N=C(N)N(C)C3=O)c2)c1.O=C(O)C(F)(F)F. The summed E-state index contributed by atoms with van der Waals surface area (Å²) >= 11 is 0. The van der Waals surface area contributed by atoms with Crippen molar-refractivity contribution in [3.63, 3.8) is 0 Å². The van der Waals surface area contributed by atoms with Crippen molar-refractivity contribution in [1.29, 1.82) is 0 Å². The van der Waals surface area contributed by atoms with Gasteiger partial charge in [-0.2, -0.15) is 13.2 Å². The van der Waals surface area contributed by atoms with Gasteiger partial charge in [0, 0.05) is 7.05 Å². The Hall–Kier alpha value is -4.14. The van der Waals surface area contributed by atoms with Crippen LogP contribution in [0.2, 0.25) is 0 Å². The number of carbonyl (C=O) groups is 2.